The molecule has 0 bridgehead atoms. The van der Waals surface area contributed by atoms with Gasteiger partial charge in [-0.05, 0) is 76.1 Å². The van der Waals surface area contributed by atoms with Crippen LogP contribution in [0.1, 0.15) is 72.0 Å². The third kappa shape index (κ3) is 9.00. The van der Waals surface area contributed by atoms with Gasteiger partial charge < -0.3 is 34.5 Å². The molecule has 1 amide bonds. The second-order valence-electron chi connectivity index (χ2n) is 13.6. The number of carbonyl (C=O) groups excluding carboxylic acids is 1. The van der Waals surface area contributed by atoms with Crippen molar-refractivity contribution in [1.29, 1.82) is 0 Å². The highest BCUT2D eigenvalue weighted by Gasteiger charge is 2.39. The standard InChI is InChI=1S/C42H48N2O8/c1-27-38(25-44-18-17-33-21-36(49-2)37(50-3)22-35(33)24-44)51-42(52-41(27)30-15-13-28(26-45)14-16-30)34-10-5-9-32(20-34)31-8-4-7-29(19-31)23-43-39(46)11-6-12-40(47)48/h4-5,7-10,13-16,19-22,27,38,41-42,45H,6,11-12,17-18,23-26H2,1-3H3,(H,43,46)(H,47,48)/t27-,38+,41+,42+/m0/s1. The van der Waals surface area contributed by atoms with E-state index in [1.807, 2.05) is 60.7 Å². The number of aliphatic hydroxyl groups excluding tert-OH is 1. The van der Waals surface area contributed by atoms with Crippen molar-refractivity contribution in [2.24, 2.45) is 5.92 Å². The molecule has 4 aromatic rings. The minimum absolute atomic E-state index is 0.0179. The smallest absolute Gasteiger partial charge is 0.303 e. The summed E-state index contributed by atoms with van der Waals surface area (Å²) in [5.41, 5.74) is 8.23. The van der Waals surface area contributed by atoms with Gasteiger partial charge in [0.1, 0.15) is 0 Å². The summed E-state index contributed by atoms with van der Waals surface area (Å²) in [5.74, 6) is 0.453. The van der Waals surface area contributed by atoms with E-state index in [-0.39, 0.29) is 43.5 Å². The SMILES string of the molecule is COc1cc2c(cc1OC)CN(C[C@H]1O[C@@H](c3cccc(-c4cccc(CNC(=O)CCCC(=O)O)c4)c3)O[C@@H](c3ccc(CO)cc3)[C@H]1C)CC2. The van der Waals surface area contributed by atoms with E-state index in [2.05, 4.69) is 41.4 Å². The average molecular weight is 709 g/mol. The number of methoxy groups -OCH3 is 2. The molecule has 4 atom stereocenters. The molecule has 0 radical (unpaired) electrons. The van der Waals surface area contributed by atoms with E-state index in [1.54, 1.807) is 14.2 Å². The number of aliphatic carboxylic acids is 1. The number of nitrogens with zero attached hydrogens (tertiary/aromatic N) is 1. The van der Waals surface area contributed by atoms with Crippen LogP contribution in [0.4, 0.5) is 0 Å². The zero-order chi connectivity index (χ0) is 36.6. The molecule has 3 N–H and O–H groups in total. The predicted octanol–water partition coefficient (Wildman–Crippen LogP) is 6.58. The number of carboxylic acids is 1. The van der Waals surface area contributed by atoms with E-state index in [0.717, 1.165) is 70.9 Å². The van der Waals surface area contributed by atoms with Gasteiger partial charge in [0.15, 0.2) is 17.8 Å². The Balaban J connectivity index is 1.21. The minimum atomic E-state index is -0.903. The van der Waals surface area contributed by atoms with Crippen LogP contribution in [-0.4, -0.2) is 60.4 Å². The summed E-state index contributed by atoms with van der Waals surface area (Å²) in [4.78, 5) is 25.5. The molecule has 2 heterocycles. The maximum atomic E-state index is 12.3. The van der Waals surface area contributed by atoms with E-state index in [4.69, 9.17) is 24.1 Å². The molecule has 4 aromatic carbocycles. The Hall–Kier alpha value is -4.74. The fourth-order valence-electron chi connectivity index (χ4n) is 7.09. The number of fused-ring (bicyclic) bond motifs is 1. The van der Waals surface area contributed by atoms with Crippen LogP contribution in [0.25, 0.3) is 11.1 Å². The zero-order valence-electron chi connectivity index (χ0n) is 30.0. The first-order valence-electron chi connectivity index (χ1n) is 17.9. The lowest BCUT2D eigenvalue weighted by atomic mass is 9.89. The van der Waals surface area contributed by atoms with Crippen LogP contribution in [-0.2, 0) is 45.2 Å². The largest absolute Gasteiger partial charge is 0.493 e. The Bertz CT molecular complexity index is 1840. The first-order valence-corrected chi connectivity index (χ1v) is 17.9. The number of carboxylic acid groups (broad SMARTS) is 1. The molecule has 0 saturated carbocycles. The Morgan fingerprint density at radius 1 is 0.846 bits per heavy atom. The van der Waals surface area contributed by atoms with Gasteiger partial charge in [-0.3, -0.25) is 14.5 Å². The van der Waals surface area contributed by atoms with Crippen molar-refractivity contribution in [3.63, 3.8) is 0 Å². The first-order chi connectivity index (χ1) is 25.2. The van der Waals surface area contributed by atoms with Gasteiger partial charge in [0.05, 0.1) is 33.0 Å². The third-order valence-electron chi connectivity index (χ3n) is 10.1. The van der Waals surface area contributed by atoms with Crippen LogP contribution in [0, 0.1) is 5.92 Å². The Morgan fingerprint density at radius 3 is 2.27 bits per heavy atom. The van der Waals surface area contributed by atoms with Crippen molar-refractivity contribution in [2.45, 2.75) is 70.8 Å². The summed E-state index contributed by atoms with van der Waals surface area (Å²) < 4.78 is 24.8. The van der Waals surface area contributed by atoms with E-state index in [0.29, 0.717) is 13.0 Å². The number of amides is 1. The summed E-state index contributed by atoms with van der Waals surface area (Å²) in [5, 5.41) is 21.4. The van der Waals surface area contributed by atoms with E-state index in [1.165, 1.54) is 11.1 Å². The molecule has 10 heteroatoms. The Labute approximate surface area is 305 Å². The van der Waals surface area contributed by atoms with Crippen LogP contribution < -0.4 is 14.8 Å². The zero-order valence-corrected chi connectivity index (χ0v) is 30.0. The number of ether oxygens (including phenoxy) is 4. The fourth-order valence-corrected chi connectivity index (χ4v) is 7.09. The summed E-state index contributed by atoms with van der Waals surface area (Å²) in [7, 11) is 3.33. The van der Waals surface area contributed by atoms with Gasteiger partial charge in [-0.1, -0.05) is 67.6 Å². The normalized spacial score (nSPS) is 20.2. The molecule has 6 rings (SSSR count). The van der Waals surface area contributed by atoms with Crippen LogP contribution in [0.2, 0.25) is 0 Å². The maximum Gasteiger partial charge on any atom is 0.303 e. The number of aliphatic hydroxyl groups is 1. The number of nitrogens with one attached hydrogen (secondary N) is 1. The molecule has 0 aromatic heterocycles. The van der Waals surface area contributed by atoms with Gasteiger partial charge in [-0.15, -0.1) is 0 Å². The van der Waals surface area contributed by atoms with Gasteiger partial charge in [0, 0.05) is 50.5 Å². The van der Waals surface area contributed by atoms with Crippen molar-refractivity contribution in [3.05, 3.63) is 118 Å². The topological polar surface area (TPSA) is 127 Å². The second-order valence-corrected chi connectivity index (χ2v) is 13.6. The fraction of sp³-hybridized carbons (Fsp3) is 0.381. The predicted molar refractivity (Wildman–Crippen MR) is 197 cm³/mol. The number of hydrogen-bond donors (Lipinski definition) is 3. The lowest BCUT2D eigenvalue weighted by molar-refractivity contribution is -0.276. The average Bonchev–Trinajstić information content (AvgIpc) is 3.17. The second kappa shape index (κ2) is 17.2. The molecule has 10 nitrogen and oxygen atoms in total. The van der Waals surface area contributed by atoms with E-state index >= 15 is 0 Å². The van der Waals surface area contributed by atoms with Crippen molar-refractivity contribution in [3.8, 4) is 22.6 Å². The van der Waals surface area contributed by atoms with Crippen molar-refractivity contribution in [2.75, 3.05) is 27.3 Å². The highest BCUT2D eigenvalue weighted by molar-refractivity contribution is 5.76. The van der Waals surface area contributed by atoms with Gasteiger partial charge in [-0.25, -0.2) is 0 Å². The minimum Gasteiger partial charge on any atom is -0.493 e. The molecule has 0 unspecified atom stereocenters. The highest BCUT2D eigenvalue weighted by atomic mass is 16.7. The van der Waals surface area contributed by atoms with Gasteiger partial charge in [0.25, 0.3) is 0 Å². The van der Waals surface area contributed by atoms with Gasteiger partial charge in [-0.2, -0.15) is 0 Å². The quantitative estimate of drug-likeness (QED) is 0.133. The molecule has 0 spiro atoms. The summed E-state index contributed by atoms with van der Waals surface area (Å²) in [6, 6.07) is 28.3. The Morgan fingerprint density at radius 2 is 1.56 bits per heavy atom. The van der Waals surface area contributed by atoms with Gasteiger partial charge in [0.2, 0.25) is 5.91 Å². The van der Waals surface area contributed by atoms with Crippen LogP contribution >= 0.6 is 0 Å². The van der Waals surface area contributed by atoms with E-state index < -0.39 is 12.3 Å². The number of benzene rings is 4. The summed E-state index contributed by atoms with van der Waals surface area (Å²) >= 11 is 0. The number of carbonyl (C=O) groups is 2. The lowest BCUT2D eigenvalue weighted by Crippen LogP contribution is -2.45. The molecule has 1 saturated heterocycles. The maximum absolute atomic E-state index is 12.3. The molecule has 2 aliphatic heterocycles. The first kappa shape index (κ1) is 37.0. The van der Waals surface area contributed by atoms with Crippen molar-refractivity contribution >= 4 is 11.9 Å². The molecule has 2 aliphatic rings. The number of hydrogen-bond acceptors (Lipinski definition) is 8. The molecule has 1 fully saturated rings. The highest BCUT2D eigenvalue weighted by Crippen LogP contribution is 2.43. The lowest BCUT2D eigenvalue weighted by Gasteiger charge is -2.43. The van der Waals surface area contributed by atoms with Crippen molar-refractivity contribution < 1.29 is 38.7 Å². The molecule has 0 aliphatic carbocycles. The van der Waals surface area contributed by atoms with E-state index in [9.17, 15) is 14.7 Å². The van der Waals surface area contributed by atoms with Gasteiger partial charge >= 0.3 is 5.97 Å². The summed E-state index contributed by atoms with van der Waals surface area (Å²) in [6.45, 7) is 4.92. The third-order valence-corrected chi connectivity index (χ3v) is 10.1. The van der Waals surface area contributed by atoms with Crippen LogP contribution in [0.15, 0.2) is 84.9 Å². The molecule has 274 valence electrons. The molecular weight excluding hydrogens is 660 g/mol. The number of rotatable bonds is 14. The molecular formula is C42H48N2O8. The van der Waals surface area contributed by atoms with Crippen molar-refractivity contribution in [1.82, 2.24) is 10.2 Å². The summed E-state index contributed by atoms with van der Waals surface area (Å²) in [6.07, 6.45) is 0.388. The Kier molecular flexibility index (Phi) is 12.2. The monoisotopic (exact) mass is 708 g/mol. The van der Waals surface area contributed by atoms with Crippen LogP contribution in [0.3, 0.4) is 0 Å². The molecule has 52 heavy (non-hydrogen) atoms. The van der Waals surface area contributed by atoms with Crippen LogP contribution in [0.5, 0.6) is 11.5 Å².